The van der Waals surface area contributed by atoms with Crippen molar-refractivity contribution in [1.29, 1.82) is 0 Å². The van der Waals surface area contributed by atoms with Crippen LogP contribution in [0.3, 0.4) is 0 Å². The van der Waals surface area contributed by atoms with Crippen LogP contribution in [0.5, 0.6) is 0 Å². The Kier molecular flexibility index (Phi) is 3.99. The van der Waals surface area contributed by atoms with Gasteiger partial charge in [0.25, 0.3) is 0 Å². The van der Waals surface area contributed by atoms with Gasteiger partial charge in [-0.2, -0.15) is 0 Å². The van der Waals surface area contributed by atoms with Gasteiger partial charge in [0.05, 0.1) is 0 Å². The van der Waals surface area contributed by atoms with Gasteiger partial charge in [-0.1, -0.05) is 24.3 Å². The van der Waals surface area contributed by atoms with Crippen molar-refractivity contribution in [2.45, 2.75) is 18.9 Å². The van der Waals surface area contributed by atoms with Crippen molar-refractivity contribution in [3.63, 3.8) is 0 Å². The Morgan fingerprint density at radius 1 is 1.30 bits per heavy atom. The third kappa shape index (κ3) is 2.43. The lowest BCUT2D eigenvalue weighted by Crippen LogP contribution is -2.40. The van der Waals surface area contributed by atoms with Gasteiger partial charge in [0, 0.05) is 23.8 Å². The Morgan fingerprint density at radius 3 is 3.00 bits per heavy atom. The molecule has 1 saturated heterocycles. The summed E-state index contributed by atoms with van der Waals surface area (Å²) in [5, 5.41) is 5.95. The topological polar surface area (TPSA) is 28.2 Å². The summed E-state index contributed by atoms with van der Waals surface area (Å²) in [5.41, 5.74) is 1.38. The van der Waals surface area contributed by atoms with E-state index in [0.29, 0.717) is 12.0 Å². The van der Waals surface area contributed by atoms with Crippen LogP contribution < -0.4 is 5.32 Å². The number of nitrogens with zero attached hydrogens (tertiary/aromatic N) is 2. The number of hydrogen-bond donors (Lipinski definition) is 1. The maximum atomic E-state index is 4.47. The molecule has 0 bridgehead atoms. The zero-order valence-corrected chi connectivity index (χ0v) is 12.3. The van der Waals surface area contributed by atoms with E-state index < -0.39 is 0 Å². The molecule has 1 aromatic heterocycles. The second-order valence-corrected chi connectivity index (χ2v) is 5.84. The van der Waals surface area contributed by atoms with Gasteiger partial charge in [0.2, 0.25) is 0 Å². The molecule has 106 valence electrons. The number of aromatic nitrogens is 1. The summed E-state index contributed by atoms with van der Waals surface area (Å²) in [5.74, 6) is 0.659. The number of rotatable bonds is 3. The number of pyridine rings is 1. The van der Waals surface area contributed by atoms with E-state index in [2.05, 4.69) is 52.7 Å². The molecule has 2 heterocycles. The molecule has 0 spiro atoms. The molecular weight excluding hydrogens is 246 g/mol. The molecule has 2 aromatic rings. The van der Waals surface area contributed by atoms with E-state index in [-0.39, 0.29) is 0 Å². The van der Waals surface area contributed by atoms with Crippen LogP contribution in [0.25, 0.3) is 10.8 Å². The standard InChI is InChI=1S/C17H23N3/c1-18-10-14-7-5-9-20(2)17(14)16-12-19-11-13-6-3-4-8-15(13)16/h3-4,6,8,11-12,14,17-18H,5,7,9-10H2,1-2H3. The molecule has 2 atom stereocenters. The Morgan fingerprint density at radius 2 is 2.15 bits per heavy atom. The van der Waals surface area contributed by atoms with Crippen molar-refractivity contribution in [3.8, 4) is 0 Å². The molecule has 3 rings (SSSR count). The van der Waals surface area contributed by atoms with E-state index in [1.165, 1.54) is 35.7 Å². The van der Waals surface area contributed by atoms with Crippen molar-refractivity contribution in [3.05, 3.63) is 42.2 Å². The van der Waals surface area contributed by atoms with Crippen LogP contribution in [0.2, 0.25) is 0 Å². The number of fused-ring (bicyclic) bond motifs is 1. The molecule has 20 heavy (non-hydrogen) atoms. The van der Waals surface area contributed by atoms with Crippen molar-refractivity contribution < 1.29 is 0 Å². The van der Waals surface area contributed by atoms with Gasteiger partial charge in [0.15, 0.2) is 0 Å². The van der Waals surface area contributed by atoms with Gasteiger partial charge < -0.3 is 5.32 Å². The third-order valence-electron chi connectivity index (χ3n) is 4.49. The van der Waals surface area contributed by atoms with E-state index in [9.17, 15) is 0 Å². The van der Waals surface area contributed by atoms with Gasteiger partial charge in [0.1, 0.15) is 0 Å². The van der Waals surface area contributed by atoms with Crippen molar-refractivity contribution in [1.82, 2.24) is 15.2 Å². The quantitative estimate of drug-likeness (QED) is 0.928. The number of nitrogens with one attached hydrogen (secondary N) is 1. The lowest BCUT2D eigenvalue weighted by molar-refractivity contribution is 0.122. The zero-order chi connectivity index (χ0) is 13.9. The van der Waals surface area contributed by atoms with E-state index in [1.54, 1.807) is 0 Å². The molecule has 0 radical (unpaired) electrons. The van der Waals surface area contributed by atoms with Gasteiger partial charge >= 0.3 is 0 Å². The molecule has 3 nitrogen and oxygen atoms in total. The predicted molar refractivity (Wildman–Crippen MR) is 83.8 cm³/mol. The molecule has 0 amide bonds. The van der Waals surface area contributed by atoms with Crippen LogP contribution in [0.4, 0.5) is 0 Å². The fourth-order valence-electron chi connectivity index (χ4n) is 3.60. The van der Waals surface area contributed by atoms with Gasteiger partial charge in [-0.25, -0.2) is 0 Å². The monoisotopic (exact) mass is 269 g/mol. The van der Waals surface area contributed by atoms with Crippen LogP contribution in [-0.4, -0.2) is 37.1 Å². The highest BCUT2D eigenvalue weighted by atomic mass is 15.1. The SMILES string of the molecule is CNCC1CCCN(C)C1c1cncc2ccccc12. The first-order valence-electron chi connectivity index (χ1n) is 7.48. The molecule has 0 saturated carbocycles. The lowest BCUT2D eigenvalue weighted by atomic mass is 9.84. The van der Waals surface area contributed by atoms with Crippen molar-refractivity contribution in [2.24, 2.45) is 5.92 Å². The maximum absolute atomic E-state index is 4.47. The minimum atomic E-state index is 0.467. The summed E-state index contributed by atoms with van der Waals surface area (Å²) >= 11 is 0. The minimum Gasteiger partial charge on any atom is -0.319 e. The van der Waals surface area contributed by atoms with E-state index in [1.807, 2.05) is 13.2 Å². The minimum absolute atomic E-state index is 0.467. The summed E-state index contributed by atoms with van der Waals surface area (Å²) < 4.78 is 0. The number of piperidine rings is 1. The van der Waals surface area contributed by atoms with E-state index >= 15 is 0 Å². The molecule has 2 unspecified atom stereocenters. The maximum Gasteiger partial charge on any atom is 0.0406 e. The van der Waals surface area contributed by atoms with Crippen molar-refractivity contribution >= 4 is 10.8 Å². The first kappa shape index (κ1) is 13.5. The summed E-state index contributed by atoms with van der Waals surface area (Å²) in [7, 11) is 4.29. The largest absolute Gasteiger partial charge is 0.319 e. The molecular formula is C17H23N3. The molecule has 0 aliphatic carbocycles. The Bertz CT molecular complexity index is 574. The lowest BCUT2D eigenvalue weighted by Gasteiger charge is -2.40. The van der Waals surface area contributed by atoms with Crippen LogP contribution in [0, 0.1) is 5.92 Å². The second-order valence-electron chi connectivity index (χ2n) is 5.84. The summed E-state index contributed by atoms with van der Waals surface area (Å²) in [6.45, 7) is 2.24. The van der Waals surface area contributed by atoms with Gasteiger partial charge in [-0.15, -0.1) is 0 Å². The Hall–Kier alpha value is -1.45. The fourth-order valence-corrected chi connectivity index (χ4v) is 3.60. The first-order valence-corrected chi connectivity index (χ1v) is 7.48. The number of likely N-dealkylation sites (tertiary alicyclic amines) is 1. The molecule has 1 fully saturated rings. The Balaban J connectivity index is 2.06. The highest BCUT2D eigenvalue weighted by Crippen LogP contribution is 2.37. The van der Waals surface area contributed by atoms with Gasteiger partial charge in [-0.3, -0.25) is 9.88 Å². The summed E-state index contributed by atoms with van der Waals surface area (Å²) in [6, 6.07) is 9.06. The number of benzene rings is 1. The van der Waals surface area contributed by atoms with Crippen LogP contribution in [-0.2, 0) is 0 Å². The normalized spacial score (nSPS) is 24.1. The molecule has 1 aromatic carbocycles. The fraction of sp³-hybridized carbons (Fsp3) is 0.471. The second kappa shape index (κ2) is 5.90. The smallest absolute Gasteiger partial charge is 0.0406 e. The van der Waals surface area contributed by atoms with Crippen LogP contribution in [0.1, 0.15) is 24.4 Å². The highest BCUT2D eigenvalue weighted by molar-refractivity contribution is 5.85. The zero-order valence-electron chi connectivity index (χ0n) is 12.3. The van der Waals surface area contributed by atoms with E-state index in [0.717, 1.165) is 6.54 Å². The summed E-state index contributed by atoms with van der Waals surface area (Å²) in [4.78, 5) is 6.96. The van der Waals surface area contributed by atoms with Gasteiger partial charge in [-0.05, 0) is 56.9 Å². The highest BCUT2D eigenvalue weighted by Gasteiger charge is 2.31. The number of hydrogen-bond acceptors (Lipinski definition) is 3. The molecule has 1 aliphatic rings. The van der Waals surface area contributed by atoms with Crippen molar-refractivity contribution in [2.75, 3.05) is 27.2 Å². The molecule has 1 N–H and O–H groups in total. The average Bonchev–Trinajstić information content (AvgIpc) is 2.48. The van der Waals surface area contributed by atoms with E-state index in [4.69, 9.17) is 0 Å². The van der Waals surface area contributed by atoms with Crippen LogP contribution in [0.15, 0.2) is 36.7 Å². The first-order chi connectivity index (χ1) is 9.81. The third-order valence-corrected chi connectivity index (χ3v) is 4.49. The summed E-state index contributed by atoms with van der Waals surface area (Å²) in [6.07, 6.45) is 6.61. The predicted octanol–water partition coefficient (Wildman–Crippen LogP) is 2.84. The average molecular weight is 269 g/mol. The van der Waals surface area contributed by atoms with Crippen LogP contribution >= 0.6 is 0 Å². The molecule has 1 aliphatic heterocycles. The Labute approximate surface area is 121 Å². The molecule has 3 heteroatoms.